The molecule has 0 unspecified atom stereocenters. The van der Waals surface area contributed by atoms with E-state index >= 15 is 0 Å². The van der Waals surface area contributed by atoms with Gasteiger partial charge in [-0.15, -0.1) is 45.3 Å². The van der Waals surface area contributed by atoms with Gasteiger partial charge in [0.05, 0.1) is 9.75 Å². The fraction of sp³-hybridized carbons (Fsp3) is 0.0952. The zero-order valence-electron chi connectivity index (χ0n) is 14.2. The Morgan fingerprint density at radius 2 is 1.04 bits per heavy atom. The third-order valence-electron chi connectivity index (χ3n) is 4.57. The third kappa shape index (κ3) is 2.53. The Morgan fingerprint density at radius 1 is 0.615 bits per heavy atom. The number of rotatable bonds is 2. The first-order valence-corrected chi connectivity index (χ1v) is 11.9. The first kappa shape index (κ1) is 16.8. The molecule has 0 aliphatic rings. The average Bonchev–Trinajstić information content (AvgIpc) is 3.25. The van der Waals surface area contributed by atoms with Crippen LogP contribution >= 0.6 is 57.6 Å². The Balaban J connectivity index is 1.87. The molecule has 5 rings (SSSR count). The van der Waals surface area contributed by atoms with Gasteiger partial charge in [-0.25, -0.2) is 0 Å². The summed E-state index contributed by atoms with van der Waals surface area (Å²) in [4.78, 5) is 5.41. The van der Waals surface area contributed by atoms with Gasteiger partial charge in [0.15, 0.2) is 0 Å². The molecule has 0 saturated heterocycles. The molecule has 26 heavy (non-hydrogen) atoms. The van der Waals surface area contributed by atoms with E-state index in [1.165, 1.54) is 50.8 Å². The molecule has 0 aliphatic carbocycles. The Bertz CT molecular complexity index is 1230. The van der Waals surface area contributed by atoms with Crippen LogP contribution in [0, 0.1) is 17.0 Å². The standard InChI is InChI=1S/C21H14S5/c1-11-17(13-7-3-5-9-15(13)23-11)19-20(26-21(22)25-19)18-12(2)24-16-10-6-4-8-14(16)18/h3-10H,1-2H3. The molecule has 0 N–H and O–H groups in total. The van der Waals surface area contributed by atoms with E-state index in [1.54, 1.807) is 22.7 Å². The van der Waals surface area contributed by atoms with Crippen LogP contribution in [-0.4, -0.2) is 0 Å². The number of aryl methyl sites for hydroxylation is 2. The highest BCUT2D eigenvalue weighted by Crippen LogP contribution is 2.51. The number of thiophene rings is 2. The van der Waals surface area contributed by atoms with E-state index in [1.807, 2.05) is 22.7 Å². The molecular weight excluding hydrogens is 413 g/mol. The van der Waals surface area contributed by atoms with Gasteiger partial charge in [0, 0.05) is 41.1 Å². The van der Waals surface area contributed by atoms with Crippen LogP contribution in [0.1, 0.15) is 9.75 Å². The van der Waals surface area contributed by atoms with Crippen molar-refractivity contribution in [2.45, 2.75) is 13.8 Å². The van der Waals surface area contributed by atoms with E-state index in [0.717, 1.165) is 3.14 Å². The van der Waals surface area contributed by atoms with Crippen LogP contribution in [0.3, 0.4) is 0 Å². The Labute approximate surface area is 173 Å². The minimum Gasteiger partial charge on any atom is -0.140 e. The van der Waals surface area contributed by atoms with Crippen LogP contribution in [0.4, 0.5) is 0 Å². The zero-order chi connectivity index (χ0) is 17.8. The summed E-state index contributed by atoms with van der Waals surface area (Å²) in [6.07, 6.45) is 0. The number of fused-ring (bicyclic) bond motifs is 2. The van der Waals surface area contributed by atoms with Crippen molar-refractivity contribution < 1.29 is 0 Å². The quantitative estimate of drug-likeness (QED) is 0.254. The highest BCUT2D eigenvalue weighted by molar-refractivity contribution is 7.76. The van der Waals surface area contributed by atoms with Crippen LogP contribution in [0.15, 0.2) is 48.5 Å². The summed E-state index contributed by atoms with van der Waals surface area (Å²) in [7, 11) is 0. The van der Waals surface area contributed by atoms with Gasteiger partial charge in [0.25, 0.3) is 0 Å². The molecule has 0 saturated carbocycles. The molecule has 0 radical (unpaired) electrons. The van der Waals surface area contributed by atoms with Crippen molar-refractivity contribution in [1.82, 2.24) is 0 Å². The second-order valence-corrected chi connectivity index (χ2v) is 11.9. The normalized spacial score (nSPS) is 11.6. The average molecular weight is 427 g/mol. The van der Waals surface area contributed by atoms with Gasteiger partial charge in [-0.3, -0.25) is 0 Å². The van der Waals surface area contributed by atoms with E-state index in [0.29, 0.717) is 0 Å². The van der Waals surface area contributed by atoms with Crippen molar-refractivity contribution in [2.24, 2.45) is 0 Å². The van der Waals surface area contributed by atoms with E-state index in [-0.39, 0.29) is 0 Å². The topological polar surface area (TPSA) is 0 Å². The molecule has 5 aromatic rings. The Hall–Kier alpha value is -1.37. The van der Waals surface area contributed by atoms with Gasteiger partial charge in [-0.1, -0.05) is 48.6 Å². The first-order chi connectivity index (χ1) is 12.6. The van der Waals surface area contributed by atoms with Gasteiger partial charge in [-0.05, 0) is 26.0 Å². The number of benzene rings is 2. The molecule has 3 aromatic heterocycles. The fourth-order valence-corrected chi connectivity index (χ4v) is 8.65. The Kier molecular flexibility index (Phi) is 4.10. The minimum absolute atomic E-state index is 0.999. The van der Waals surface area contributed by atoms with E-state index in [9.17, 15) is 0 Å². The van der Waals surface area contributed by atoms with E-state index in [4.69, 9.17) is 12.2 Å². The molecule has 0 fully saturated rings. The lowest BCUT2D eigenvalue weighted by Crippen LogP contribution is -1.80. The molecule has 5 heteroatoms. The van der Waals surface area contributed by atoms with Crippen molar-refractivity contribution in [3.05, 3.63) is 61.4 Å². The number of hydrogen-bond donors (Lipinski definition) is 0. The molecular formula is C21H14S5. The predicted octanol–water partition coefficient (Wildman–Crippen LogP) is 8.92. The summed E-state index contributed by atoms with van der Waals surface area (Å²) >= 11 is 12.9. The molecule has 128 valence electrons. The fourth-order valence-electron chi connectivity index (χ4n) is 3.51. The van der Waals surface area contributed by atoms with Crippen LogP contribution < -0.4 is 0 Å². The molecule has 0 atom stereocenters. The van der Waals surface area contributed by atoms with Crippen molar-refractivity contribution in [3.63, 3.8) is 0 Å². The highest BCUT2D eigenvalue weighted by atomic mass is 32.2. The van der Waals surface area contributed by atoms with Crippen molar-refractivity contribution in [2.75, 3.05) is 0 Å². The van der Waals surface area contributed by atoms with Gasteiger partial charge >= 0.3 is 0 Å². The summed E-state index contributed by atoms with van der Waals surface area (Å²) < 4.78 is 3.70. The minimum atomic E-state index is 0.999. The summed E-state index contributed by atoms with van der Waals surface area (Å²) in [5.41, 5.74) is 2.74. The molecule has 0 bridgehead atoms. The van der Waals surface area contributed by atoms with Gasteiger partial charge < -0.3 is 0 Å². The first-order valence-electron chi connectivity index (χ1n) is 8.24. The smallest absolute Gasteiger partial charge is 0.140 e. The summed E-state index contributed by atoms with van der Waals surface area (Å²) in [5, 5.41) is 2.69. The van der Waals surface area contributed by atoms with Crippen molar-refractivity contribution >= 4 is 77.7 Å². The largest absolute Gasteiger partial charge is 0.144 e. The van der Waals surface area contributed by atoms with E-state index < -0.39 is 0 Å². The van der Waals surface area contributed by atoms with Gasteiger partial charge in [0.2, 0.25) is 0 Å². The zero-order valence-corrected chi connectivity index (χ0v) is 18.2. The lowest BCUT2D eigenvalue weighted by molar-refractivity contribution is 1.63. The number of hydrogen-bond acceptors (Lipinski definition) is 5. The molecule has 2 aromatic carbocycles. The predicted molar refractivity (Wildman–Crippen MR) is 124 cm³/mol. The van der Waals surface area contributed by atoms with E-state index in [2.05, 4.69) is 62.4 Å². The second-order valence-electron chi connectivity index (χ2n) is 6.17. The van der Waals surface area contributed by atoms with Crippen LogP contribution in [0.25, 0.3) is 41.1 Å². The summed E-state index contributed by atoms with van der Waals surface area (Å²) in [6, 6.07) is 17.4. The maximum absolute atomic E-state index is 5.64. The SMILES string of the molecule is Cc1sc2ccccc2c1-c1sc(=S)sc1-c1c(C)sc2ccccc12. The lowest BCUT2D eigenvalue weighted by atomic mass is 10.0. The molecule has 3 heterocycles. The maximum Gasteiger partial charge on any atom is 0.144 e. The lowest BCUT2D eigenvalue weighted by Gasteiger charge is -2.05. The molecule has 0 spiro atoms. The van der Waals surface area contributed by atoms with Gasteiger partial charge in [-0.2, -0.15) is 0 Å². The summed E-state index contributed by atoms with van der Waals surface area (Å²) in [5.74, 6) is 0. The highest BCUT2D eigenvalue weighted by Gasteiger charge is 2.21. The molecule has 0 aliphatic heterocycles. The third-order valence-corrected chi connectivity index (χ3v) is 9.43. The van der Waals surface area contributed by atoms with Crippen LogP contribution in [0.5, 0.6) is 0 Å². The van der Waals surface area contributed by atoms with Crippen molar-refractivity contribution in [1.29, 1.82) is 0 Å². The van der Waals surface area contributed by atoms with Crippen LogP contribution in [0.2, 0.25) is 0 Å². The second kappa shape index (κ2) is 6.36. The van der Waals surface area contributed by atoms with Crippen LogP contribution in [-0.2, 0) is 0 Å². The molecule has 0 amide bonds. The maximum atomic E-state index is 5.64. The Morgan fingerprint density at radius 3 is 1.50 bits per heavy atom. The monoisotopic (exact) mass is 426 g/mol. The summed E-state index contributed by atoms with van der Waals surface area (Å²) in [6.45, 7) is 4.46. The van der Waals surface area contributed by atoms with Crippen molar-refractivity contribution in [3.8, 4) is 20.9 Å². The molecule has 0 nitrogen and oxygen atoms in total. The van der Waals surface area contributed by atoms with Gasteiger partial charge in [0.1, 0.15) is 3.14 Å².